The second-order valence-electron chi connectivity index (χ2n) is 4.21. The van der Waals surface area contributed by atoms with Crippen LogP contribution in [0, 0.1) is 0 Å². The summed E-state index contributed by atoms with van der Waals surface area (Å²) in [6.07, 6.45) is -0.579. The molecule has 0 fully saturated rings. The van der Waals surface area contributed by atoms with Crippen molar-refractivity contribution in [3.05, 3.63) is 0 Å². The number of hydrogen-bond acceptors (Lipinski definition) is 5. The standard InChI is InChI=1S/C6H16NO2.CHF3O3S/c1-7(2,3)4-6(9)5-8;2-1(3,4)8(5,6)7/h6,8-9H,4-5H2,1-3H3;(H,5,6,7)/q+1;/p-1. The first-order valence-corrected chi connectivity index (χ1v) is 5.73. The van der Waals surface area contributed by atoms with Gasteiger partial charge >= 0.3 is 5.51 Å². The summed E-state index contributed by atoms with van der Waals surface area (Å²) in [4.78, 5) is 0. The lowest BCUT2D eigenvalue weighted by Crippen LogP contribution is -2.42. The molecule has 1 atom stereocenters. The molecule has 0 aliphatic rings. The van der Waals surface area contributed by atoms with Gasteiger partial charge < -0.3 is 19.2 Å². The van der Waals surface area contributed by atoms with Gasteiger partial charge in [-0.3, -0.25) is 0 Å². The third-order valence-electron chi connectivity index (χ3n) is 1.25. The Labute approximate surface area is 97.6 Å². The van der Waals surface area contributed by atoms with Crippen molar-refractivity contribution < 1.29 is 40.8 Å². The predicted octanol–water partition coefficient (Wildman–Crippen LogP) is -0.903. The summed E-state index contributed by atoms with van der Waals surface area (Å²) in [6.45, 7) is 0.450. The van der Waals surface area contributed by atoms with Crippen LogP contribution < -0.4 is 0 Å². The van der Waals surface area contributed by atoms with Crippen molar-refractivity contribution in [3.8, 4) is 0 Å². The number of quaternary nitrogens is 1. The minimum absolute atomic E-state index is 0.143. The fourth-order valence-corrected chi connectivity index (χ4v) is 0.690. The van der Waals surface area contributed by atoms with Gasteiger partial charge in [0.25, 0.3) is 0 Å². The zero-order chi connectivity index (χ0) is 14.5. The molecule has 0 heterocycles. The second-order valence-corrected chi connectivity index (χ2v) is 5.58. The van der Waals surface area contributed by atoms with Crippen LogP contribution in [0.5, 0.6) is 0 Å². The average molecular weight is 283 g/mol. The quantitative estimate of drug-likeness (QED) is 0.397. The van der Waals surface area contributed by atoms with E-state index in [2.05, 4.69) is 0 Å². The summed E-state index contributed by atoms with van der Waals surface area (Å²) in [5.74, 6) is 0. The molecule has 0 saturated carbocycles. The molecule has 6 nitrogen and oxygen atoms in total. The number of likely N-dealkylation sites (N-methyl/N-ethyl adjacent to an activating group) is 1. The van der Waals surface area contributed by atoms with Gasteiger partial charge in [0.15, 0.2) is 10.1 Å². The Morgan fingerprint density at radius 3 is 1.65 bits per heavy atom. The smallest absolute Gasteiger partial charge is 0.485 e. The minimum atomic E-state index is -6.09. The van der Waals surface area contributed by atoms with E-state index in [9.17, 15) is 13.2 Å². The molecule has 0 amide bonds. The highest BCUT2D eigenvalue weighted by Gasteiger charge is 2.36. The highest BCUT2D eigenvalue weighted by molar-refractivity contribution is 7.86. The zero-order valence-corrected chi connectivity index (χ0v) is 10.4. The second kappa shape index (κ2) is 6.50. The molecule has 17 heavy (non-hydrogen) atoms. The van der Waals surface area contributed by atoms with E-state index < -0.39 is 21.7 Å². The van der Waals surface area contributed by atoms with Crippen LogP contribution >= 0.6 is 0 Å². The Bertz CT molecular complexity index is 308. The lowest BCUT2D eigenvalue weighted by molar-refractivity contribution is -0.873. The number of nitrogens with zero attached hydrogens (tertiary/aromatic N) is 1. The molecule has 0 aliphatic carbocycles. The lowest BCUT2D eigenvalue weighted by atomic mass is 10.3. The minimum Gasteiger partial charge on any atom is -0.741 e. The first kappa shape index (κ1) is 18.9. The molecule has 106 valence electrons. The lowest BCUT2D eigenvalue weighted by Gasteiger charge is -2.25. The average Bonchev–Trinajstić information content (AvgIpc) is 1.98. The van der Waals surface area contributed by atoms with Gasteiger partial charge in [-0.25, -0.2) is 8.42 Å². The summed E-state index contributed by atoms with van der Waals surface area (Å²) < 4.78 is 59.6. The number of rotatable bonds is 3. The van der Waals surface area contributed by atoms with Gasteiger partial charge in [-0.05, 0) is 0 Å². The number of alkyl halides is 3. The first-order chi connectivity index (χ1) is 7.20. The van der Waals surface area contributed by atoms with Crippen molar-refractivity contribution in [1.29, 1.82) is 0 Å². The Balaban J connectivity index is 0. The molecular formula is C7H16F3NO5S. The summed E-state index contributed by atoms with van der Waals surface area (Å²) in [6, 6.07) is 0. The van der Waals surface area contributed by atoms with E-state index in [1.54, 1.807) is 0 Å². The van der Waals surface area contributed by atoms with Gasteiger partial charge in [-0.1, -0.05) is 0 Å². The Kier molecular flexibility index (Phi) is 7.23. The van der Waals surface area contributed by atoms with Crippen molar-refractivity contribution >= 4 is 10.1 Å². The number of halogens is 3. The van der Waals surface area contributed by atoms with Gasteiger partial charge in [-0.15, -0.1) is 0 Å². The van der Waals surface area contributed by atoms with Crippen molar-refractivity contribution in [2.24, 2.45) is 0 Å². The fraction of sp³-hybridized carbons (Fsp3) is 1.00. The number of aliphatic hydroxyl groups excluding tert-OH is 2. The van der Waals surface area contributed by atoms with Crippen LogP contribution in [0.3, 0.4) is 0 Å². The summed E-state index contributed by atoms with van der Waals surface area (Å²) in [5.41, 5.74) is -5.65. The summed E-state index contributed by atoms with van der Waals surface area (Å²) in [5, 5.41) is 17.4. The molecule has 0 spiro atoms. The van der Waals surface area contributed by atoms with E-state index in [-0.39, 0.29) is 6.61 Å². The van der Waals surface area contributed by atoms with Crippen LogP contribution in [0.1, 0.15) is 0 Å². The normalized spacial score (nSPS) is 14.9. The van der Waals surface area contributed by atoms with Crippen LogP contribution in [0.15, 0.2) is 0 Å². The molecule has 0 aromatic rings. The fourth-order valence-electron chi connectivity index (χ4n) is 0.690. The molecule has 0 aromatic heterocycles. The molecule has 1 unspecified atom stereocenters. The van der Waals surface area contributed by atoms with Crippen LogP contribution in [-0.4, -0.2) is 73.6 Å². The van der Waals surface area contributed by atoms with Crippen molar-refractivity contribution in [3.63, 3.8) is 0 Å². The Morgan fingerprint density at radius 1 is 1.29 bits per heavy atom. The molecule has 0 saturated heterocycles. The third-order valence-corrected chi connectivity index (χ3v) is 1.82. The topological polar surface area (TPSA) is 97.7 Å². The van der Waals surface area contributed by atoms with Gasteiger partial charge in [-0.2, -0.15) is 13.2 Å². The van der Waals surface area contributed by atoms with E-state index in [1.807, 2.05) is 21.1 Å². The SMILES string of the molecule is C[N+](C)(C)CC(O)CO.O=S(=O)([O-])C(F)(F)F. The Morgan fingerprint density at radius 2 is 1.59 bits per heavy atom. The summed E-state index contributed by atoms with van der Waals surface area (Å²) in [7, 11) is -0.177. The van der Waals surface area contributed by atoms with E-state index in [4.69, 9.17) is 23.2 Å². The molecule has 0 aromatic carbocycles. The first-order valence-electron chi connectivity index (χ1n) is 4.32. The maximum absolute atomic E-state index is 10.7. The molecule has 0 radical (unpaired) electrons. The zero-order valence-electron chi connectivity index (χ0n) is 9.60. The monoisotopic (exact) mass is 283 g/mol. The van der Waals surface area contributed by atoms with Gasteiger partial charge in [0, 0.05) is 0 Å². The van der Waals surface area contributed by atoms with Crippen LogP contribution in [0.4, 0.5) is 13.2 Å². The molecular weight excluding hydrogens is 267 g/mol. The molecule has 0 rings (SSSR count). The predicted molar refractivity (Wildman–Crippen MR) is 51.7 cm³/mol. The van der Waals surface area contributed by atoms with E-state index in [1.165, 1.54) is 0 Å². The van der Waals surface area contributed by atoms with Crippen molar-refractivity contribution in [2.75, 3.05) is 34.3 Å². The highest BCUT2D eigenvalue weighted by Crippen LogP contribution is 2.20. The van der Waals surface area contributed by atoms with Crippen LogP contribution in [-0.2, 0) is 10.1 Å². The van der Waals surface area contributed by atoms with Gasteiger partial charge in [0.2, 0.25) is 0 Å². The highest BCUT2D eigenvalue weighted by atomic mass is 32.2. The molecule has 2 N–H and O–H groups in total. The summed E-state index contributed by atoms with van der Waals surface area (Å²) >= 11 is 0. The molecule has 0 bridgehead atoms. The van der Waals surface area contributed by atoms with E-state index in [0.717, 1.165) is 0 Å². The molecule has 10 heteroatoms. The number of hydrogen-bond donors (Lipinski definition) is 2. The van der Waals surface area contributed by atoms with E-state index >= 15 is 0 Å². The Hall–Kier alpha value is -0.420. The van der Waals surface area contributed by atoms with E-state index in [0.29, 0.717) is 11.0 Å². The molecule has 0 aliphatic heterocycles. The maximum atomic E-state index is 10.7. The van der Waals surface area contributed by atoms with Gasteiger partial charge in [0.05, 0.1) is 27.7 Å². The maximum Gasteiger partial charge on any atom is 0.485 e. The number of aliphatic hydroxyl groups is 2. The van der Waals surface area contributed by atoms with Gasteiger partial charge in [0.1, 0.15) is 12.6 Å². The largest absolute Gasteiger partial charge is 0.741 e. The van der Waals surface area contributed by atoms with Crippen molar-refractivity contribution in [1.82, 2.24) is 0 Å². The van der Waals surface area contributed by atoms with Crippen LogP contribution in [0.25, 0.3) is 0 Å². The third kappa shape index (κ3) is 11.8. The van der Waals surface area contributed by atoms with Crippen LogP contribution in [0.2, 0.25) is 0 Å². The van der Waals surface area contributed by atoms with Crippen molar-refractivity contribution in [2.45, 2.75) is 11.6 Å².